The molecule has 0 amide bonds. The van der Waals surface area contributed by atoms with Crippen LogP contribution in [-0.4, -0.2) is 6.54 Å². The maximum Gasteiger partial charge on any atom is 0.129 e. The molecule has 0 aliphatic heterocycles. The summed E-state index contributed by atoms with van der Waals surface area (Å²) in [4.78, 5) is 0. The van der Waals surface area contributed by atoms with Crippen molar-refractivity contribution >= 4 is 11.6 Å². The number of hydrogen-bond donors (Lipinski definition) is 1. The second-order valence-electron chi connectivity index (χ2n) is 5.38. The molecular weight excluding hydrogens is 285 g/mol. The minimum absolute atomic E-state index is 0.121. The Morgan fingerprint density at radius 1 is 1.19 bits per heavy atom. The Morgan fingerprint density at radius 2 is 1.95 bits per heavy atom. The number of hydrogen-bond acceptors (Lipinski definition) is 1. The third-order valence-electron chi connectivity index (χ3n) is 3.73. The van der Waals surface area contributed by atoms with Crippen molar-refractivity contribution < 1.29 is 4.39 Å². The monoisotopic (exact) mass is 305 g/mol. The molecule has 1 unspecified atom stereocenters. The molecule has 2 aromatic rings. The van der Waals surface area contributed by atoms with E-state index < -0.39 is 0 Å². The third-order valence-corrected chi connectivity index (χ3v) is 4.06. The maximum absolute atomic E-state index is 14.2. The molecule has 0 aromatic heterocycles. The highest BCUT2D eigenvalue weighted by molar-refractivity contribution is 6.31. The van der Waals surface area contributed by atoms with Gasteiger partial charge in [-0.15, -0.1) is 0 Å². The first-order valence-corrected chi connectivity index (χ1v) is 7.64. The van der Waals surface area contributed by atoms with E-state index in [0.717, 1.165) is 13.0 Å². The fourth-order valence-corrected chi connectivity index (χ4v) is 2.90. The Hall–Kier alpha value is -1.38. The third kappa shape index (κ3) is 3.84. The van der Waals surface area contributed by atoms with Gasteiger partial charge in [0.25, 0.3) is 0 Å². The van der Waals surface area contributed by atoms with E-state index in [4.69, 9.17) is 11.6 Å². The lowest BCUT2D eigenvalue weighted by Crippen LogP contribution is -2.24. The van der Waals surface area contributed by atoms with Crippen molar-refractivity contribution in [3.8, 4) is 0 Å². The average Bonchev–Trinajstić information content (AvgIpc) is 2.43. The number of aryl methyl sites for hydroxylation is 2. The predicted octanol–water partition coefficient (Wildman–Crippen LogP) is 4.99. The summed E-state index contributed by atoms with van der Waals surface area (Å²) in [6.07, 6.45) is 0.724. The van der Waals surface area contributed by atoms with E-state index in [1.807, 2.05) is 6.92 Å². The molecule has 1 N–H and O–H groups in total. The fourth-order valence-electron chi connectivity index (χ4n) is 2.61. The molecule has 21 heavy (non-hydrogen) atoms. The summed E-state index contributed by atoms with van der Waals surface area (Å²) in [7, 11) is 0. The number of rotatable bonds is 5. The zero-order valence-electron chi connectivity index (χ0n) is 12.7. The molecule has 2 rings (SSSR count). The van der Waals surface area contributed by atoms with E-state index in [1.54, 1.807) is 12.1 Å². The Kier molecular flexibility index (Phi) is 5.38. The van der Waals surface area contributed by atoms with Crippen molar-refractivity contribution in [2.75, 3.05) is 6.54 Å². The maximum atomic E-state index is 14.2. The first-order valence-electron chi connectivity index (χ1n) is 7.26. The lowest BCUT2D eigenvalue weighted by molar-refractivity contribution is 0.509. The normalized spacial score (nSPS) is 12.4. The van der Waals surface area contributed by atoms with Crippen molar-refractivity contribution in [2.24, 2.45) is 0 Å². The molecule has 0 heterocycles. The second-order valence-corrected chi connectivity index (χ2v) is 5.79. The molecule has 0 aliphatic carbocycles. The van der Waals surface area contributed by atoms with Gasteiger partial charge in [0.1, 0.15) is 5.82 Å². The summed E-state index contributed by atoms with van der Waals surface area (Å²) >= 11 is 6.22. The van der Waals surface area contributed by atoms with Crippen LogP contribution in [0.3, 0.4) is 0 Å². The Bertz CT molecular complexity index is 604. The van der Waals surface area contributed by atoms with Crippen molar-refractivity contribution in [3.63, 3.8) is 0 Å². The second kappa shape index (κ2) is 7.06. The first kappa shape index (κ1) is 16.0. The molecule has 0 bridgehead atoms. The van der Waals surface area contributed by atoms with Gasteiger partial charge in [0, 0.05) is 16.6 Å². The number of benzene rings is 2. The van der Waals surface area contributed by atoms with E-state index in [2.05, 4.69) is 37.4 Å². The van der Waals surface area contributed by atoms with E-state index >= 15 is 0 Å². The van der Waals surface area contributed by atoms with Gasteiger partial charge in [-0.1, -0.05) is 48.4 Å². The van der Waals surface area contributed by atoms with Gasteiger partial charge in [-0.3, -0.25) is 0 Å². The standard InChI is InChI=1S/C18H21ClFN/c1-4-21-17(18-15(19)6-5-7-16(18)20)11-14-10-12(2)8-9-13(14)3/h5-10,17,21H,4,11H2,1-3H3. The van der Waals surface area contributed by atoms with Crippen molar-refractivity contribution in [1.82, 2.24) is 5.32 Å². The fraction of sp³-hybridized carbons (Fsp3) is 0.333. The Labute approximate surface area is 131 Å². The van der Waals surface area contributed by atoms with Gasteiger partial charge in [0.05, 0.1) is 0 Å². The summed E-state index contributed by atoms with van der Waals surface area (Å²) in [5.74, 6) is -0.251. The summed E-state index contributed by atoms with van der Waals surface area (Å²) in [5, 5.41) is 3.83. The SMILES string of the molecule is CCNC(Cc1cc(C)ccc1C)c1c(F)cccc1Cl. The smallest absolute Gasteiger partial charge is 0.129 e. The van der Waals surface area contributed by atoms with Gasteiger partial charge in [-0.05, 0) is 50.1 Å². The molecule has 2 aromatic carbocycles. The van der Waals surface area contributed by atoms with Crippen LogP contribution in [0.25, 0.3) is 0 Å². The highest BCUT2D eigenvalue weighted by atomic mass is 35.5. The van der Waals surface area contributed by atoms with Crippen LogP contribution in [0.1, 0.15) is 35.2 Å². The molecule has 0 spiro atoms. The molecule has 3 heteroatoms. The van der Waals surface area contributed by atoms with Gasteiger partial charge >= 0.3 is 0 Å². The summed E-state index contributed by atoms with van der Waals surface area (Å²) in [6, 6.07) is 11.1. The van der Waals surface area contributed by atoms with Crippen LogP contribution >= 0.6 is 11.6 Å². The molecule has 112 valence electrons. The molecular formula is C18H21ClFN. The van der Waals surface area contributed by atoms with Crippen molar-refractivity contribution in [2.45, 2.75) is 33.2 Å². The summed E-state index contributed by atoms with van der Waals surface area (Å²) in [5.41, 5.74) is 4.21. The zero-order chi connectivity index (χ0) is 15.4. The molecule has 1 nitrogen and oxygen atoms in total. The van der Waals surface area contributed by atoms with Crippen LogP contribution in [0.15, 0.2) is 36.4 Å². The topological polar surface area (TPSA) is 12.0 Å². The summed E-state index contributed by atoms with van der Waals surface area (Å²) in [6.45, 7) is 6.94. The molecule has 0 saturated heterocycles. The highest BCUT2D eigenvalue weighted by Gasteiger charge is 2.19. The van der Waals surface area contributed by atoms with Crippen LogP contribution in [0.5, 0.6) is 0 Å². The Morgan fingerprint density at radius 3 is 2.62 bits per heavy atom. The van der Waals surface area contributed by atoms with E-state index in [0.29, 0.717) is 10.6 Å². The quantitative estimate of drug-likeness (QED) is 0.820. The minimum Gasteiger partial charge on any atom is -0.310 e. The largest absolute Gasteiger partial charge is 0.310 e. The van der Waals surface area contributed by atoms with E-state index in [-0.39, 0.29) is 11.9 Å². The van der Waals surface area contributed by atoms with E-state index in [9.17, 15) is 4.39 Å². The van der Waals surface area contributed by atoms with Gasteiger partial charge in [-0.25, -0.2) is 4.39 Å². The van der Waals surface area contributed by atoms with Crippen LogP contribution in [0.2, 0.25) is 5.02 Å². The Balaban J connectivity index is 2.38. The minimum atomic E-state index is -0.251. The number of nitrogens with one attached hydrogen (secondary N) is 1. The lowest BCUT2D eigenvalue weighted by Gasteiger charge is -2.21. The van der Waals surface area contributed by atoms with Crippen molar-refractivity contribution in [1.29, 1.82) is 0 Å². The van der Waals surface area contributed by atoms with E-state index in [1.165, 1.54) is 22.8 Å². The van der Waals surface area contributed by atoms with Crippen LogP contribution in [0, 0.1) is 19.7 Å². The zero-order valence-corrected chi connectivity index (χ0v) is 13.5. The van der Waals surface area contributed by atoms with Crippen LogP contribution in [0.4, 0.5) is 4.39 Å². The van der Waals surface area contributed by atoms with Gasteiger partial charge in [-0.2, -0.15) is 0 Å². The molecule has 0 aliphatic rings. The predicted molar refractivity (Wildman–Crippen MR) is 87.4 cm³/mol. The van der Waals surface area contributed by atoms with Gasteiger partial charge in [0.15, 0.2) is 0 Å². The number of likely N-dealkylation sites (N-methyl/N-ethyl adjacent to an activating group) is 1. The first-order chi connectivity index (χ1) is 10.0. The molecule has 1 atom stereocenters. The molecule has 0 radical (unpaired) electrons. The van der Waals surface area contributed by atoms with Crippen LogP contribution in [-0.2, 0) is 6.42 Å². The average molecular weight is 306 g/mol. The lowest BCUT2D eigenvalue weighted by atomic mass is 9.94. The van der Waals surface area contributed by atoms with Crippen molar-refractivity contribution in [3.05, 3.63) is 69.5 Å². The molecule has 0 fully saturated rings. The molecule has 0 saturated carbocycles. The van der Waals surface area contributed by atoms with Gasteiger partial charge in [0.2, 0.25) is 0 Å². The van der Waals surface area contributed by atoms with Gasteiger partial charge < -0.3 is 5.32 Å². The highest BCUT2D eigenvalue weighted by Crippen LogP contribution is 2.29. The summed E-state index contributed by atoms with van der Waals surface area (Å²) < 4.78 is 14.2. The van der Waals surface area contributed by atoms with Crippen LogP contribution < -0.4 is 5.32 Å². The number of halogens is 2.